The fourth-order valence-corrected chi connectivity index (χ4v) is 0.665. The van der Waals surface area contributed by atoms with Crippen molar-refractivity contribution >= 4 is 5.69 Å². The number of hydrogen-bond acceptors (Lipinski definition) is 2. The van der Waals surface area contributed by atoms with Crippen molar-refractivity contribution in [1.29, 1.82) is 0 Å². The number of aromatic nitrogens is 1. The quantitative estimate of drug-likeness (QED) is 0.673. The molecular weight excluding hydrogens is 128 g/mol. The molecule has 0 aliphatic rings. The summed E-state index contributed by atoms with van der Waals surface area (Å²) in [5, 5.41) is 13.0. The van der Waals surface area contributed by atoms with Crippen molar-refractivity contribution in [3.63, 3.8) is 0 Å². The van der Waals surface area contributed by atoms with Gasteiger partial charge in [0.25, 0.3) is 0 Å². The highest BCUT2D eigenvalue weighted by molar-refractivity contribution is 5.40. The van der Waals surface area contributed by atoms with Crippen LogP contribution in [-0.2, 0) is 5.11 Å². The Bertz CT molecular complexity index is 176. The molecule has 0 unspecified atom stereocenters. The molecule has 0 amide bonds. The van der Waals surface area contributed by atoms with Crippen molar-refractivity contribution in [2.75, 3.05) is 18.5 Å². The van der Waals surface area contributed by atoms with E-state index in [4.69, 9.17) is 0 Å². The molecule has 0 bridgehead atoms. The van der Waals surface area contributed by atoms with Gasteiger partial charge >= 0.3 is 0 Å². The minimum Gasteiger partial charge on any atom is -0.383 e. The summed E-state index contributed by atoms with van der Waals surface area (Å²) in [6, 6.07) is 3.66. The molecule has 0 aliphatic carbocycles. The lowest BCUT2D eigenvalue weighted by Gasteiger charge is -2.00. The Kier molecular flexibility index (Phi) is 2.70. The minimum absolute atomic E-state index is 0.0949. The van der Waals surface area contributed by atoms with Gasteiger partial charge in [-0.3, -0.25) is 4.98 Å². The van der Waals surface area contributed by atoms with Gasteiger partial charge in [0.15, 0.2) is 0 Å². The number of nitrogens with one attached hydrogen (secondary N) is 1. The third kappa shape index (κ3) is 2.03. The lowest BCUT2D eigenvalue weighted by Crippen LogP contribution is -2.03. The van der Waals surface area contributed by atoms with Gasteiger partial charge in [0.2, 0.25) is 0 Å². The summed E-state index contributed by atoms with van der Waals surface area (Å²) in [5.74, 6) is 0. The van der Waals surface area contributed by atoms with E-state index in [0.29, 0.717) is 6.54 Å². The van der Waals surface area contributed by atoms with Crippen LogP contribution < -0.4 is 5.32 Å². The molecule has 0 aromatic carbocycles. The second kappa shape index (κ2) is 3.85. The van der Waals surface area contributed by atoms with Gasteiger partial charge < -0.3 is 5.32 Å². The molecule has 0 saturated heterocycles. The van der Waals surface area contributed by atoms with Crippen LogP contribution in [0.4, 0.5) is 5.69 Å². The summed E-state index contributed by atoms with van der Waals surface area (Å²) in [5.41, 5.74) is 0.950. The maximum Gasteiger partial charge on any atom is 0.0994 e. The first-order chi connectivity index (χ1) is 4.93. The molecule has 1 radical (unpaired) electrons. The minimum atomic E-state index is -0.0949. The standard InChI is InChI=1S/C7H9N2O/c10-6-5-9-7-1-3-8-4-2-7/h1-4H,5-6H2,(H,8,9). The molecule has 0 saturated carbocycles. The lowest BCUT2D eigenvalue weighted by molar-refractivity contribution is 0.206. The molecule has 0 fully saturated rings. The van der Waals surface area contributed by atoms with Crippen molar-refractivity contribution < 1.29 is 5.11 Å². The van der Waals surface area contributed by atoms with Crippen LogP contribution in [0, 0.1) is 0 Å². The summed E-state index contributed by atoms with van der Waals surface area (Å²) < 4.78 is 0. The lowest BCUT2D eigenvalue weighted by atomic mass is 10.4. The summed E-state index contributed by atoms with van der Waals surface area (Å²) >= 11 is 0. The zero-order valence-electron chi connectivity index (χ0n) is 5.58. The molecule has 1 N–H and O–H groups in total. The number of pyridine rings is 1. The van der Waals surface area contributed by atoms with E-state index in [9.17, 15) is 5.11 Å². The Balaban J connectivity index is 2.43. The molecular formula is C7H9N2O. The largest absolute Gasteiger partial charge is 0.383 e. The SMILES string of the molecule is [O]CCNc1ccncc1. The van der Waals surface area contributed by atoms with E-state index in [1.165, 1.54) is 0 Å². The fourth-order valence-electron chi connectivity index (χ4n) is 0.665. The van der Waals surface area contributed by atoms with Crippen LogP contribution in [0.15, 0.2) is 24.5 Å². The van der Waals surface area contributed by atoms with Crippen LogP contribution in [-0.4, -0.2) is 18.1 Å². The van der Waals surface area contributed by atoms with Crippen LogP contribution >= 0.6 is 0 Å². The smallest absolute Gasteiger partial charge is 0.0994 e. The molecule has 1 aromatic heterocycles. The molecule has 10 heavy (non-hydrogen) atoms. The molecule has 1 heterocycles. The summed E-state index contributed by atoms with van der Waals surface area (Å²) in [6.07, 6.45) is 3.38. The maximum absolute atomic E-state index is 10.0. The van der Waals surface area contributed by atoms with Gasteiger partial charge in [-0.05, 0) is 12.1 Å². The van der Waals surface area contributed by atoms with E-state index < -0.39 is 0 Å². The Morgan fingerprint density at radius 3 is 2.70 bits per heavy atom. The van der Waals surface area contributed by atoms with Crippen molar-refractivity contribution in [3.05, 3.63) is 24.5 Å². The van der Waals surface area contributed by atoms with E-state index >= 15 is 0 Å². The number of nitrogens with zero attached hydrogens (tertiary/aromatic N) is 1. The average molecular weight is 137 g/mol. The third-order valence-corrected chi connectivity index (χ3v) is 1.11. The molecule has 0 spiro atoms. The van der Waals surface area contributed by atoms with Crippen LogP contribution in [0.25, 0.3) is 0 Å². The molecule has 0 aliphatic heterocycles. The maximum atomic E-state index is 10.0. The van der Waals surface area contributed by atoms with Crippen LogP contribution in [0.5, 0.6) is 0 Å². The first kappa shape index (κ1) is 7.02. The molecule has 1 rings (SSSR count). The Morgan fingerprint density at radius 2 is 2.10 bits per heavy atom. The topological polar surface area (TPSA) is 44.8 Å². The average Bonchev–Trinajstić information content (AvgIpc) is 2.03. The van der Waals surface area contributed by atoms with Gasteiger partial charge in [-0.1, -0.05) is 0 Å². The predicted octanol–water partition coefficient (Wildman–Crippen LogP) is 0.924. The predicted molar refractivity (Wildman–Crippen MR) is 38.3 cm³/mol. The van der Waals surface area contributed by atoms with Gasteiger partial charge in [-0.25, -0.2) is 5.11 Å². The van der Waals surface area contributed by atoms with E-state index in [2.05, 4.69) is 10.3 Å². The van der Waals surface area contributed by atoms with Gasteiger partial charge in [0.05, 0.1) is 6.61 Å². The molecule has 3 nitrogen and oxygen atoms in total. The molecule has 0 atom stereocenters. The summed E-state index contributed by atoms with van der Waals surface area (Å²) in [4.78, 5) is 3.84. The Labute approximate surface area is 59.7 Å². The molecule has 1 aromatic rings. The van der Waals surface area contributed by atoms with Crippen molar-refractivity contribution in [2.45, 2.75) is 0 Å². The first-order valence-corrected chi connectivity index (χ1v) is 3.15. The van der Waals surface area contributed by atoms with Gasteiger partial charge in [-0.2, -0.15) is 0 Å². The zero-order valence-corrected chi connectivity index (χ0v) is 5.58. The highest BCUT2D eigenvalue weighted by Crippen LogP contribution is 2.00. The number of anilines is 1. The molecule has 3 heteroatoms. The number of rotatable bonds is 3. The fraction of sp³-hybridized carbons (Fsp3) is 0.286. The van der Waals surface area contributed by atoms with Gasteiger partial charge in [0, 0.05) is 24.6 Å². The van der Waals surface area contributed by atoms with Crippen LogP contribution in [0.2, 0.25) is 0 Å². The van der Waals surface area contributed by atoms with Crippen molar-refractivity contribution in [2.24, 2.45) is 0 Å². The highest BCUT2D eigenvalue weighted by Gasteiger charge is 1.86. The van der Waals surface area contributed by atoms with E-state index in [0.717, 1.165) is 5.69 Å². The van der Waals surface area contributed by atoms with E-state index in [1.807, 2.05) is 12.1 Å². The Morgan fingerprint density at radius 1 is 1.40 bits per heavy atom. The van der Waals surface area contributed by atoms with E-state index in [-0.39, 0.29) is 6.61 Å². The van der Waals surface area contributed by atoms with Crippen molar-refractivity contribution in [3.8, 4) is 0 Å². The van der Waals surface area contributed by atoms with Gasteiger partial charge in [0.1, 0.15) is 0 Å². The number of hydrogen-bond donors (Lipinski definition) is 1. The Hall–Kier alpha value is -1.09. The summed E-state index contributed by atoms with van der Waals surface area (Å²) in [7, 11) is 0. The zero-order chi connectivity index (χ0) is 7.23. The van der Waals surface area contributed by atoms with E-state index in [1.54, 1.807) is 12.4 Å². The summed E-state index contributed by atoms with van der Waals surface area (Å²) in [6.45, 7) is 0.381. The normalized spacial score (nSPS) is 9.30. The third-order valence-electron chi connectivity index (χ3n) is 1.11. The second-order valence-corrected chi connectivity index (χ2v) is 1.87. The highest BCUT2D eigenvalue weighted by atomic mass is 16.3. The monoisotopic (exact) mass is 137 g/mol. The van der Waals surface area contributed by atoms with Crippen LogP contribution in [0.1, 0.15) is 0 Å². The second-order valence-electron chi connectivity index (χ2n) is 1.87. The first-order valence-electron chi connectivity index (χ1n) is 3.15. The van der Waals surface area contributed by atoms with Gasteiger partial charge in [-0.15, -0.1) is 0 Å². The van der Waals surface area contributed by atoms with Crippen molar-refractivity contribution in [1.82, 2.24) is 4.98 Å². The molecule has 53 valence electrons. The van der Waals surface area contributed by atoms with Crippen LogP contribution in [0.3, 0.4) is 0 Å².